The lowest BCUT2D eigenvalue weighted by molar-refractivity contribution is 0.0950. The predicted octanol–water partition coefficient (Wildman–Crippen LogP) is 5.67. The third kappa shape index (κ3) is 4.68. The van der Waals surface area contributed by atoms with Crippen LogP contribution in [0.15, 0.2) is 34.7 Å². The summed E-state index contributed by atoms with van der Waals surface area (Å²) in [5.74, 6) is -0.0152. The normalized spacial score (nSPS) is 15.2. The number of rotatable bonds is 4. The number of furan rings is 1. The van der Waals surface area contributed by atoms with Crippen molar-refractivity contribution in [1.29, 1.82) is 0 Å². The molecule has 0 aliphatic heterocycles. The van der Waals surface area contributed by atoms with Gasteiger partial charge in [0.05, 0.1) is 10.6 Å². The molecule has 1 aliphatic carbocycles. The Labute approximate surface area is 204 Å². The summed E-state index contributed by atoms with van der Waals surface area (Å²) < 4.78 is 5.64. The van der Waals surface area contributed by atoms with Crippen LogP contribution in [0.25, 0.3) is 11.3 Å². The Morgan fingerprint density at radius 1 is 1.25 bits per heavy atom. The highest BCUT2D eigenvalue weighted by molar-refractivity contribution is 7.80. The number of nitrogens with two attached hydrogens (primary N) is 1. The zero-order valence-electron chi connectivity index (χ0n) is 17.0. The van der Waals surface area contributed by atoms with E-state index in [4.69, 9.17) is 45.6 Å². The number of halogens is 2. The fourth-order valence-corrected chi connectivity index (χ4v) is 5.87. The fraction of sp³-hybridized carbons (Fsp3) is 0.227. The van der Waals surface area contributed by atoms with E-state index < -0.39 is 11.8 Å². The highest BCUT2D eigenvalue weighted by atomic mass is 35.5. The van der Waals surface area contributed by atoms with E-state index in [0.717, 1.165) is 29.7 Å². The molecule has 2 amide bonds. The third-order valence-electron chi connectivity index (χ3n) is 5.24. The number of hydrogen-bond acceptors (Lipinski definition) is 5. The minimum atomic E-state index is -0.533. The van der Waals surface area contributed by atoms with Gasteiger partial charge in [-0.3, -0.25) is 14.9 Å². The molecule has 4 N–H and O–H groups in total. The van der Waals surface area contributed by atoms with Crippen molar-refractivity contribution in [3.8, 4) is 11.3 Å². The van der Waals surface area contributed by atoms with Gasteiger partial charge in [-0.05, 0) is 73.3 Å². The molecular weight excluding hydrogens is 489 g/mol. The molecule has 1 unspecified atom stereocenters. The molecule has 10 heteroatoms. The molecule has 0 spiro atoms. The topological polar surface area (TPSA) is 97.4 Å². The fourth-order valence-electron chi connectivity index (χ4n) is 3.69. The van der Waals surface area contributed by atoms with Crippen LogP contribution in [0.2, 0.25) is 10.0 Å². The van der Waals surface area contributed by atoms with Crippen LogP contribution in [0, 0.1) is 5.92 Å². The summed E-state index contributed by atoms with van der Waals surface area (Å²) >= 11 is 18.9. The second-order valence-corrected chi connectivity index (χ2v) is 9.97. The van der Waals surface area contributed by atoms with E-state index in [1.807, 2.05) is 0 Å². The lowest BCUT2D eigenvalue weighted by atomic mass is 9.88. The SMILES string of the molecule is CC1CCc2c(sc(NC(=S)NC(=O)c3ccc(-c4ccc(Cl)cc4Cl)o3)c2C(N)=O)C1. The summed E-state index contributed by atoms with van der Waals surface area (Å²) in [4.78, 5) is 25.8. The summed E-state index contributed by atoms with van der Waals surface area (Å²) in [6.07, 6.45) is 2.70. The molecule has 0 saturated carbocycles. The molecule has 32 heavy (non-hydrogen) atoms. The Hall–Kier alpha value is -2.39. The highest BCUT2D eigenvalue weighted by Crippen LogP contribution is 2.39. The monoisotopic (exact) mass is 507 g/mol. The lowest BCUT2D eigenvalue weighted by Gasteiger charge is -2.18. The van der Waals surface area contributed by atoms with Crippen molar-refractivity contribution in [2.45, 2.75) is 26.2 Å². The number of benzene rings is 1. The first-order valence-electron chi connectivity index (χ1n) is 9.85. The van der Waals surface area contributed by atoms with Crippen LogP contribution in [-0.2, 0) is 12.8 Å². The number of nitrogens with one attached hydrogen (secondary N) is 2. The smallest absolute Gasteiger partial charge is 0.293 e. The zero-order chi connectivity index (χ0) is 23.0. The van der Waals surface area contributed by atoms with Gasteiger partial charge >= 0.3 is 0 Å². The first-order valence-corrected chi connectivity index (χ1v) is 11.8. The first kappa shape index (κ1) is 22.8. The maximum absolute atomic E-state index is 12.6. The summed E-state index contributed by atoms with van der Waals surface area (Å²) in [6, 6.07) is 8.15. The quantitative estimate of drug-likeness (QED) is 0.395. The molecule has 0 saturated heterocycles. The number of hydrogen-bond donors (Lipinski definition) is 3. The van der Waals surface area contributed by atoms with E-state index in [2.05, 4.69) is 17.6 Å². The molecule has 2 heterocycles. The van der Waals surface area contributed by atoms with Crippen molar-refractivity contribution < 1.29 is 14.0 Å². The van der Waals surface area contributed by atoms with Crippen LogP contribution in [-0.4, -0.2) is 16.9 Å². The molecule has 3 aromatic rings. The summed E-state index contributed by atoms with van der Waals surface area (Å²) in [5, 5.41) is 7.04. The Kier molecular flexibility index (Phi) is 6.57. The standard InChI is InChI=1S/C22H19Cl2N3O3S2/c1-10-2-4-13-17(8-10)32-21(18(13)19(25)28)27-22(31)26-20(29)16-7-6-15(30-16)12-5-3-11(23)9-14(12)24/h3,5-7,9-10H,2,4,8H2,1H3,(H2,25,28)(H2,26,27,29,31). The maximum atomic E-state index is 12.6. The summed E-state index contributed by atoms with van der Waals surface area (Å²) in [7, 11) is 0. The minimum absolute atomic E-state index is 0.0478. The number of carbonyl (C=O) groups is 2. The van der Waals surface area contributed by atoms with E-state index in [1.165, 1.54) is 17.4 Å². The van der Waals surface area contributed by atoms with E-state index in [9.17, 15) is 9.59 Å². The molecule has 1 atom stereocenters. The average Bonchev–Trinajstić information content (AvgIpc) is 3.32. The van der Waals surface area contributed by atoms with Crippen molar-refractivity contribution in [3.05, 3.63) is 62.1 Å². The van der Waals surface area contributed by atoms with E-state index in [1.54, 1.807) is 24.3 Å². The number of primary amides is 1. The Bertz CT molecular complexity index is 1240. The van der Waals surface area contributed by atoms with Crippen LogP contribution in [0.1, 0.15) is 44.7 Å². The second-order valence-electron chi connectivity index (χ2n) is 7.62. The van der Waals surface area contributed by atoms with Gasteiger partial charge in [0.1, 0.15) is 10.8 Å². The second kappa shape index (κ2) is 9.23. The van der Waals surface area contributed by atoms with Gasteiger partial charge in [0.15, 0.2) is 10.9 Å². The Balaban J connectivity index is 1.48. The van der Waals surface area contributed by atoms with Gasteiger partial charge in [-0.15, -0.1) is 11.3 Å². The Morgan fingerprint density at radius 2 is 2.03 bits per heavy atom. The number of amides is 2. The van der Waals surface area contributed by atoms with Crippen LogP contribution < -0.4 is 16.4 Å². The van der Waals surface area contributed by atoms with E-state index in [-0.39, 0.29) is 10.9 Å². The van der Waals surface area contributed by atoms with Crippen LogP contribution in [0.5, 0.6) is 0 Å². The van der Waals surface area contributed by atoms with Crippen LogP contribution in [0.3, 0.4) is 0 Å². The highest BCUT2D eigenvalue weighted by Gasteiger charge is 2.27. The molecule has 1 aromatic carbocycles. The number of thiophene rings is 1. The van der Waals surface area contributed by atoms with Crippen molar-refractivity contribution in [2.24, 2.45) is 11.7 Å². The maximum Gasteiger partial charge on any atom is 0.293 e. The van der Waals surface area contributed by atoms with Gasteiger partial charge in [-0.2, -0.15) is 0 Å². The van der Waals surface area contributed by atoms with Gasteiger partial charge in [0.25, 0.3) is 11.8 Å². The van der Waals surface area contributed by atoms with Gasteiger partial charge < -0.3 is 15.5 Å². The Morgan fingerprint density at radius 3 is 2.75 bits per heavy atom. The minimum Gasteiger partial charge on any atom is -0.451 e. The van der Waals surface area contributed by atoms with Gasteiger partial charge in [-0.25, -0.2) is 0 Å². The molecule has 6 nitrogen and oxygen atoms in total. The zero-order valence-corrected chi connectivity index (χ0v) is 20.1. The van der Waals surface area contributed by atoms with E-state index in [0.29, 0.717) is 37.9 Å². The first-order chi connectivity index (χ1) is 15.2. The van der Waals surface area contributed by atoms with Gasteiger partial charge in [0, 0.05) is 15.5 Å². The van der Waals surface area contributed by atoms with Crippen molar-refractivity contribution >= 4 is 68.7 Å². The largest absolute Gasteiger partial charge is 0.451 e. The van der Waals surface area contributed by atoms with Gasteiger partial charge in [0.2, 0.25) is 0 Å². The average molecular weight is 508 g/mol. The number of fused-ring (bicyclic) bond motifs is 1. The molecule has 0 fully saturated rings. The molecular formula is C22H19Cl2N3O3S2. The lowest BCUT2D eigenvalue weighted by Crippen LogP contribution is -2.34. The third-order valence-corrected chi connectivity index (χ3v) is 7.16. The molecule has 0 bridgehead atoms. The van der Waals surface area contributed by atoms with Crippen LogP contribution in [0.4, 0.5) is 5.00 Å². The number of anilines is 1. The van der Waals surface area contributed by atoms with E-state index >= 15 is 0 Å². The molecule has 4 rings (SSSR count). The predicted molar refractivity (Wildman–Crippen MR) is 132 cm³/mol. The molecule has 2 aromatic heterocycles. The van der Waals surface area contributed by atoms with Crippen molar-refractivity contribution in [2.75, 3.05) is 5.32 Å². The van der Waals surface area contributed by atoms with Crippen molar-refractivity contribution in [3.63, 3.8) is 0 Å². The summed E-state index contributed by atoms with van der Waals surface area (Å²) in [5.41, 5.74) is 7.67. The van der Waals surface area contributed by atoms with Crippen molar-refractivity contribution in [1.82, 2.24) is 5.32 Å². The number of carbonyl (C=O) groups excluding carboxylic acids is 2. The summed E-state index contributed by atoms with van der Waals surface area (Å²) in [6.45, 7) is 2.18. The van der Waals surface area contributed by atoms with Crippen LogP contribution >= 0.6 is 46.8 Å². The van der Waals surface area contributed by atoms with Gasteiger partial charge in [-0.1, -0.05) is 30.1 Å². The molecule has 166 valence electrons. The number of thiocarbonyl (C=S) groups is 1. The molecule has 0 radical (unpaired) electrons. The molecule has 1 aliphatic rings.